The summed E-state index contributed by atoms with van der Waals surface area (Å²) in [5.74, 6) is 0.834. The third-order valence-corrected chi connectivity index (χ3v) is 5.49. The van der Waals surface area contributed by atoms with Crippen molar-refractivity contribution in [3.05, 3.63) is 53.9 Å². The molecule has 6 nitrogen and oxygen atoms in total. The number of hydrogen-bond acceptors (Lipinski definition) is 6. The van der Waals surface area contributed by atoms with Crippen molar-refractivity contribution in [3.63, 3.8) is 0 Å². The average molecular weight is 398 g/mol. The fourth-order valence-corrected chi connectivity index (χ4v) is 4.58. The van der Waals surface area contributed by atoms with E-state index in [4.69, 9.17) is 4.74 Å². The lowest BCUT2D eigenvalue weighted by atomic mass is 9.79. The Balaban J connectivity index is 1.79. The molecule has 0 saturated carbocycles. The van der Waals surface area contributed by atoms with E-state index in [9.17, 15) is 0 Å². The Kier molecular flexibility index (Phi) is 6.98. The molecule has 1 N–H and O–H groups in total. The molecule has 1 aliphatic heterocycles. The maximum absolute atomic E-state index is 5.13. The number of nitrogens with one attached hydrogen (secondary N) is 1. The van der Waals surface area contributed by atoms with Gasteiger partial charge < -0.3 is 10.1 Å². The van der Waals surface area contributed by atoms with Gasteiger partial charge in [0.25, 0.3) is 0 Å². The SMILES string of the molecule is COCCc1ncc(CN(Cc2ccncc2)C2CC(C)(C)NC(C)(C)C2)cn1. The van der Waals surface area contributed by atoms with Crippen molar-refractivity contribution in [2.45, 2.75) is 77.2 Å². The summed E-state index contributed by atoms with van der Waals surface area (Å²) in [5.41, 5.74) is 2.63. The highest BCUT2D eigenvalue weighted by Gasteiger charge is 2.39. The normalized spacial score (nSPS) is 18.8. The lowest BCUT2D eigenvalue weighted by Gasteiger charge is -2.49. The molecule has 0 unspecified atom stereocenters. The summed E-state index contributed by atoms with van der Waals surface area (Å²) in [4.78, 5) is 15.8. The van der Waals surface area contributed by atoms with Crippen LogP contribution in [0.4, 0.5) is 0 Å². The Hall–Kier alpha value is -1.89. The van der Waals surface area contributed by atoms with E-state index in [0.29, 0.717) is 12.6 Å². The van der Waals surface area contributed by atoms with E-state index in [1.165, 1.54) is 5.56 Å². The Labute approximate surface area is 175 Å². The smallest absolute Gasteiger partial charge is 0.130 e. The van der Waals surface area contributed by atoms with Crippen LogP contribution < -0.4 is 5.32 Å². The maximum Gasteiger partial charge on any atom is 0.130 e. The van der Waals surface area contributed by atoms with Crippen molar-refractivity contribution < 1.29 is 4.74 Å². The van der Waals surface area contributed by atoms with Crippen molar-refractivity contribution in [1.82, 2.24) is 25.2 Å². The summed E-state index contributed by atoms with van der Waals surface area (Å²) in [6, 6.07) is 4.69. The quantitative estimate of drug-likeness (QED) is 0.737. The number of methoxy groups -OCH3 is 1. The number of pyridine rings is 1. The van der Waals surface area contributed by atoms with Crippen LogP contribution in [0.15, 0.2) is 36.9 Å². The van der Waals surface area contributed by atoms with E-state index in [1.54, 1.807) is 7.11 Å². The second kappa shape index (κ2) is 9.28. The van der Waals surface area contributed by atoms with Gasteiger partial charge in [-0.1, -0.05) is 0 Å². The first-order chi connectivity index (χ1) is 13.8. The fourth-order valence-electron chi connectivity index (χ4n) is 4.58. The standard InChI is InChI=1S/C23H35N5O/c1-22(2)12-20(13-23(3,4)27-22)28(16-18-6-9-24-10-7-18)17-19-14-25-21(26-15-19)8-11-29-5/h6-7,9-10,14-15,20,27H,8,11-13,16-17H2,1-5H3. The summed E-state index contributed by atoms with van der Waals surface area (Å²) in [6.07, 6.45) is 10.6. The van der Waals surface area contributed by atoms with Gasteiger partial charge in [0.1, 0.15) is 5.82 Å². The topological polar surface area (TPSA) is 63.2 Å². The zero-order chi connectivity index (χ0) is 20.9. The van der Waals surface area contributed by atoms with Gasteiger partial charge in [0.05, 0.1) is 6.61 Å². The molecule has 29 heavy (non-hydrogen) atoms. The van der Waals surface area contributed by atoms with E-state index in [1.807, 2.05) is 24.8 Å². The van der Waals surface area contributed by atoms with E-state index in [-0.39, 0.29) is 11.1 Å². The summed E-state index contributed by atoms with van der Waals surface area (Å²) in [7, 11) is 1.70. The molecular formula is C23H35N5O. The van der Waals surface area contributed by atoms with Crippen molar-refractivity contribution in [1.29, 1.82) is 0 Å². The highest BCUT2D eigenvalue weighted by Crippen LogP contribution is 2.33. The summed E-state index contributed by atoms with van der Waals surface area (Å²) in [6.45, 7) is 11.6. The van der Waals surface area contributed by atoms with Crippen LogP contribution in [0.1, 0.15) is 57.5 Å². The number of ether oxygens (including phenoxy) is 1. The van der Waals surface area contributed by atoms with Crippen molar-refractivity contribution >= 4 is 0 Å². The summed E-state index contributed by atoms with van der Waals surface area (Å²) < 4.78 is 5.13. The Bertz CT molecular complexity index is 745. The zero-order valence-electron chi connectivity index (χ0n) is 18.5. The van der Waals surface area contributed by atoms with Gasteiger partial charge in [0.15, 0.2) is 0 Å². The van der Waals surface area contributed by atoms with Crippen molar-refractivity contribution in [2.75, 3.05) is 13.7 Å². The Morgan fingerprint density at radius 3 is 2.17 bits per heavy atom. The molecule has 0 spiro atoms. The van der Waals surface area contributed by atoms with Crippen LogP contribution in [0.5, 0.6) is 0 Å². The summed E-state index contributed by atoms with van der Waals surface area (Å²) in [5, 5.41) is 3.80. The first-order valence-electron chi connectivity index (χ1n) is 10.5. The van der Waals surface area contributed by atoms with Crippen LogP contribution in [-0.2, 0) is 24.2 Å². The van der Waals surface area contributed by atoms with Gasteiger partial charge in [0, 0.05) is 74.1 Å². The van der Waals surface area contributed by atoms with E-state index in [2.05, 4.69) is 65.0 Å². The minimum absolute atomic E-state index is 0.101. The van der Waals surface area contributed by atoms with Crippen LogP contribution in [-0.4, -0.2) is 50.7 Å². The van der Waals surface area contributed by atoms with Crippen molar-refractivity contribution in [2.24, 2.45) is 0 Å². The van der Waals surface area contributed by atoms with Gasteiger partial charge in [-0.05, 0) is 58.2 Å². The lowest BCUT2D eigenvalue weighted by molar-refractivity contribution is 0.0562. The van der Waals surface area contributed by atoms with Crippen LogP contribution in [0, 0.1) is 0 Å². The third kappa shape index (κ3) is 6.56. The number of hydrogen-bond donors (Lipinski definition) is 1. The molecule has 0 bridgehead atoms. The van der Waals surface area contributed by atoms with E-state index < -0.39 is 0 Å². The second-order valence-electron chi connectivity index (χ2n) is 9.47. The minimum atomic E-state index is 0.101. The molecule has 158 valence electrons. The zero-order valence-corrected chi connectivity index (χ0v) is 18.5. The highest BCUT2D eigenvalue weighted by atomic mass is 16.5. The third-order valence-electron chi connectivity index (χ3n) is 5.49. The number of rotatable bonds is 8. The van der Waals surface area contributed by atoms with Gasteiger partial charge in [0.2, 0.25) is 0 Å². The van der Waals surface area contributed by atoms with Crippen LogP contribution in [0.2, 0.25) is 0 Å². The molecule has 2 aromatic rings. The van der Waals surface area contributed by atoms with Gasteiger partial charge in [-0.15, -0.1) is 0 Å². The highest BCUT2D eigenvalue weighted by molar-refractivity contribution is 5.12. The van der Waals surface area contributed by atoms with Gasteiger partial charge in [-0.25, -0.2) is 9.97 Å². The first-order valence-corrected chi connectivity index (χ1v) is 10.5. The summed E-state index contributed by atoms with van der Waals surface area (Å²) >= 11 is 0. The molecule has 0 aliphatic carbocycles. The molecule has 6 heteroatoms. The number of piperidine rings is 1. The largest absolute Gasteiger partial charge is 0.384 e. The molecule has 3 rings (SSSR count). The number of nitrogens with zero attached hydrogens (tertiary/aromatic N) is 4. The van der Waals surface area contributed by atoms with Gasteiger partial charge in [-0.2, -0.15) is 0 Å². The van der Waals surface area contributed by atoms with Crippen LogP contribution >= 0.6 is 0 Å². The number of aromatic nitrogens is 3. The molecule has 1 fully saturated rings. The monoisotopic (exact) mass is 397 g/mol. The first kappa shape index (κ1) is 21.8. The average Bonchev–Trinajstić information content (AvgIpc) is 2.65. The molecule has 2 aromatic heterocycles. The molecular weight excluding hydrogens is 362 g/mol. The molecule has 3 heterocycles. The fraction of sp³-hybridized carbons (Fsp3) is 0.609. The predicted molar refractivity (Wildman–Crippen MR) is 115 cm³/mol. The predicted octanol–water partition coefficient (Wildman–Crippen LogP) is 3.37. The van der Waals surface area contributed by atoms with Crippen LogP contribution in [0.25, 0.3) is 0 Å². The Morgan fingerprint density at radius 2 is 1.59 bits per heavy atom. The molecule has 0 amide bonds. The maximum atomic E-state index is 5.13. The van der Waals surface area contributed by atoms with Crippen molar-refractivity contribution in [3.8, 4) is 0 Å². The Morgan fingerprint density at radius 1 is 1.00 bits per heavy atom. The van der Waals surface area contributed by atoms with E-state index in [0.717, 1.165) is 43.7 Å². The molecule has 0 radical (unpaired) electrons. The second-order valence-corrected chi connectivity index (χ2v) is 9.47. The van der Waals surface area contributed by atoms with Gasteiger partial charge in [-0.3, -0.25) is 9.88 Å². The van der Waals surface area contributed by atoms with Gasteiger partial charge >= 0.3 is 0 Å². The minimum Gasteiger partial charge on any atom is -0.384 e. The molecule has 1 aliphatic rings. The van der Waals surface area contributed by atoms with E-state index >= 15 is 0 Å². The molecule has 0 atom stereocenters. The molecule has 0 aromatic carbocycles. The molecule has 1 saturated heterocycles. The lowest BCUT2D eigenvalue weighted by Crippen LogP contribution is -2.62. The van der Waals surface area contributed by atoms with Crippen LogP contribution in [0.3, 0.4) is 0 Å².